The number of carbonyl (C=O) groups is 2. The maximum absolute atomic E-state index is 12.5. The third-order valence-electron chi connectivity index (χ3n) is 15.3. The number of aliphatic hydroxyl groups is 2. The second-order valence-electron chi connectivity index (χ2n) is 22.5. The first-order valence-corrected chi connectivity index (χ1v) is 32.6. The molecule has 0 bridgehead atoms. The van der Waals surface area contributed by atoms with Gasteiger partial charge in [-0.2, -0.15) is 0 Å². The highest BCUT2D eigenvalue weighted by Crippen LogP contribution is 2.18. The molecule has 426 valence electrons. The van der Waals surface area contributed by atoms with E-state index in [0.717, 1.165) is 51.4 Å². The van der Waals surface area contributed by atoms with E-state index in [4.69, 9.17) is 4.74 Å². The van der Waals surface area contributed by atoms with Crippen LogP contribution in [0.2, 0.25) is 0 Å². The van der Waals surface area contributed by atoms with E-state index in [1.807, 2.05) is 0 Å². The van der Waals surface area contributed by atoms with Gasteiger partial charge < -0.3 is 20.3 Å². The Balaban J connectivity index is 3.39. The lowest BCUT2D eigenvalue weighted by molar-refractivity contribution is -0.143. The monoisotopic (exact) mass is 1010 g/mol. The first kappa shape index (κ1) is 70.3. The summed E-state index contributed by atoms with van der Waals surface area (Å²) in [6.45, 7) is 4.95. The number of amides is 1. The Kier molecular flexibility index (Phi) is 60.5. The maximum atomic E-state index is 12.5. The summed E-state index contributed by atoms with van der Waals surface area (Å²) in [6.07, 6.45) is 76.2. The molecule has 0 aliphatic rings. The van der Waals surface area contributed by atoms with Crippen molar-refractivity contribution in [1.82, 2.24) is 5.32 Å². The SMILES string of the molecule is CCCCCC/C=C\C/C=C\CCCCCCCC(=O)OCCCCCCCCCCCCCCCCCCCCCCCC(=O)NC(CO)C(O)CCCCCCCCCCCCCCCCCCCC. The molecule has 0 radical (unpaired) electrons. The van der Waals surface area contributed by atoms with Crippen molar-refractivity contribution in [2.45, 2.75) is 373 Å². The zero-order valence-electron chi connectivity index (χ0n) is 48.7. The lowest BCUT2D eigenvalue weighted by Gasteiger charge is -2.22. The van der Waals surface area contributed by atoms with Gasteiger partial charge in [-0.25, -0.2) is 0 Å². The lowest BCUT2D eigenvalue weighted by atomic mass is 10.0. The molecule has 0 aromatic carbocycles. The van der Waals surface area contributed by atoms with Crippen molar-refractivity contribution >= 4 is 11.9 Å². The summed E-state index contributed by atoms with van der Waals surface area (Å²) in [5.41, 5.74) is 0. The second kappa shape index (κ2) is 61.9. The van der Waals surface area contributed by atoms with Gasteiger partial charge in [0.25, 0.3) is 0 Å². The van der Waals surface area contributed by atoms with Gasteiger partial charge in [0.15, 0.2) is 0 Å². The van der Waals surface area contributed by atoms with E-state index in [0.29, 0.717) is 25.9 Å². The summed E-state index contributed by atoms with van der Waals surface area (Å²) < 4.78 is 5.48. The molecule has 0 aliphatic carbocycles. The van der Waals surface area contributed by atoms with Crippen LogP contribution < -0.4 is 5.32 Å². The van der Waals surface area contributed by atoms with E-state index in [1.54, 1.807) is 0 Å². The molecule has 0 heterocycles. The molecule has 0 aliphatic heterocycles. The van der Waals surface area contributed by atoms with Crippen molar-refractivity contribution in [3.05, 3.63) is 24.3 Å². The molecule has 2 unspecified atom stereocenters. The zero-order valence-corrected chi connectivity index (χ0v) is 48.7. The molecule has 72 heavy (non-hydrogen) atoms. The van der Waals surface area contributed by atoms with Crippen LogP contribution in [-0.2, 0) is 14.3 Å². The highest BCUT2D eigenvalue weighted by molar-refractivity contribution is 5.76. The quantitative estimate of drug-likeness (QED) is 0.0320. The minimum absolute atomic E-state index is 0.000753. The first-order chi connectivity index (χ1) is 35.5. The summed E-state index contributed by atoms with van der Waals surface area (Å²) in [4.78, 5) is 24.6. The molecule has 6 nitrogen and oxygen atoms in total. The molecule has 0 spiro atoms. The third kappa shape index (κ3) is 57.6. The van der Waals surface area contributed by atoms with Crippen molar-refractivity contribution in [3.63, 3.8) is 0 Å². The Morgan fingerprint density at radius 2 is 0.694 bits per heavy atom. The molecule has 0 saturated heterocycles. The van der Waals surface area contributed by atoms with Crippen LogP contribution in [0.3, 0.4) is 0 Å². The molecule has 0 fully saturated rings. The number of carbonyl (C=O) groups excluding carboxylic acids is 2. The van der Waals surface area contributed by atoms with Crippen molar-refractivity contribution in [2.24, 2.45) is 0 Å². The molecular formula is C66H127NO5. The number of unbranched alkanes of at least 4 members (excludes halogenated alkanes) is 46. The van der Waals surface area contributed by atoms with Gasteiger partial charge in [-0.3, -0.25) is 9.59 Å². The number of rotatable bonds is 61. The van der Waals surface area contributed by atoms with Crippen LogP contribution in [0.25, 0.3) is 0 Å². The van der Waals surface area contributed by atoms with Crippen LogP contribution in [0.4, 0.5) is 0 Å². The van der Waals surface area contributed by atoms with Crippen LogP contribution in [-0.4, -0.2) is 47.4 Å². The Morgan fingerprint density at radius 3 is 1.07 bits per heavy atom. The number of hydrogen-bond acceptors (Lipinski definition) is 5. The van der Waals surface area contributed by atoms with Crippen LogP contribution in [0.1, 0.15) is 361 Å². The van der Waals surface area contributed by atoms with E-state index in [9.17, 15) is 19.8 Å². The fraction of sp³-hybridized carbons (Fsp3) is 0.909. The molecule has 0 aromatic heterocycles. The van der Waals surface area contributed by atoms with Crippen molar-refractivity contribution < 1.29 is 24.5 Å². The number of aliphatic hydroxyl groups excluding tert-OH is 2. The number of hydrogen-bond donors (Lipinski definition) is 3. The minimum atomic E-state index is -0.665. The fourth-order valence-corrected chi connectivity index (χ4v) is 10.3. The fourth-order valence-electron chi connectivity index (χ4n) is 10.3. The van der Waals surface area contributed by atoms with Crippen LogP contribution in [0.5, 0.6) is 0 Å². The smallest absolute Gasteiger partial charge is 0.305 e. The highest BCUT2D eigenvalue weighted by Gasteiger charge is 2.20. The van der Waals surface area contributed by atoms with Gasteiger partial charge in [-0.1, -0.05) is 314 Å². The zero-order chi connectivity index (χ0) is 52.2. The average Bonchev–Trinajstić information content (AvgIpc) is 3.38. The summed E-state index contributed by atoms with van der Waals surface area (Å²) >= 11 is 0. The van der Waals surface area contributed by atoms with E-state index in [-0.39, 0.29) is 18.5 Å². The predicted molar refractivity (Wildman–Crippen MR) is 315 cm³/mol. The second-order valence-corrected chi connectivity index (χ2v) is 22.5. The Labute approximate surface area is 450 Å². The van der Waals surface area contributed by atoms with Gasteiger partial charge in [0, 0.05) is 12.8 Å². The molecule has 1 amide bonds. The van der Waals surface area contributed by atoms with E-state index < -0.39 is 12.1 Å². The van der Waals surface area contributed by atoms with E-state index in [2.05, 4.69) is 43.5 Å². The van der Waals surface area contributed by atoms with Crippen LogP contribution in [0, 0.1) is 0 Å². The molecule has 2 atom stereocenters. The third-order valence-corrected chi connectivity index (χ3v) is 15.3. The number of ether oxygens (including phenoxy) is 1. The van der Waals surface area contributed by atoms with Gasteiger partial charge in [-0.15, -0.1) is 0 Å². The standard InChI is InChI=1S/C66H127NO5/c1-3-5-7-9-11-13-15-17-19-21-27-30-34-38-42-46-50-54-58-64(69)63(62-68)67-65(70)59-55-51-47-43-39-35-31-28-25-23-22-24-26-29-33-37-41-45-49-53-57-61-72-66(71)60-56-52-48-44-40-36-32-20-18-16-14-12-10-8-6-4-2/h14,16,20,32,63-64,68-69H,3-13,15,17-19,21-31,33-62H2,1-2H3,(H,67,70)/b16-14-,32-20-. The number of esters is 1. The molecule has 3 N–H and O–H groups in total. The minimum Gasteiger partial charge on any atom is -0.466 e. The molecule has 0 aromatic rings. The topological polar surface area (TPSA) is 95.9 Å². The van der Waals surface area contributed by atoms with Gasteiger partial charge in [-0.05, 0) is 57.8 Å². The Morgan fingerprint density at radius 1 is 0.389 bits per heavy atom. The van der Waals surface area contributed by atoms with E-state index in [1.165, 1.54) is 276 Å². The Bertz CT molecular complexity index is 1120. The molecule has 6 heteroatoms. The summed E-state index contributed by atoms with van der Waals surface area (Å²) in [5.74, 6) is -0.0337. The van der Waals surface area contributed by atoms with Crippen LogP contribution in [0.15, 0.2) is 24.3 Å². The molecular weight excluding hydrogens is 887 g/mol. The number of allylic oxidation sites excluding steroid dienone is 4. The summed E-state index contributed by atoms with van der Waals surface area (Å²) in [7, 11) is 0. The predicted octanol–water partition coefficient (Wildman–Crippen LogP) is 20.6. The normalized spacial score (nSPS) is 12.7. The van der Waals surface area contributed by atoms with Gasteiger partial charge >= 0.3 is 5.97 Å². The summed E-state index contributed by atoms with van der Waals surface area (Å²) in [5, 5.41) is 23.4. The van der Waals surface area contributed by atoms with E-state index >= 15 is 0 Å². The molecule has 0 saturated carbocycles. The van der Waals surface area contributed by atoms with Gasteiger partial charge in [0.05, 0.1) is 25.4 Å². The van der Waals surface area contributed by atoms with Crippen LogP contribution >= 0.6 is 0 Å². The largest absolute Gasteiger partial charge is 0.466 e. The summed E-state index contributed by atoms with van der Waals surface area (Å²) in [6, 6.07) is -0.543. The van der Waals surface area contributed by atoms with Gasteiger partial charge in [0.1, 0.15) is 0 Å². The average molecular weight is 1010 g/mol. The maximum Gasteiger partial charge on any atom is 0.305 e. The van der Waals surface area contributed by atoms with Gasteiger partial charge in [0.2, 0.25) is 5.91 Å². The lowest BCUT2D eigenvalue weighted by Crippen LogP contribution is -2.45. The number of nitrogens with one attached hydrogen (secondary N) is 1. The van der Waals surface area contributed by atoms with Crippen molar-refractivity contribution in [1.29, 1.82) is 0 Å². The highest BCUT2D eigenvalue weighted by atomic mass is 16.5. The Hall–Kier alpha value is -1.66. The molecule has 0 rings (SSSR count). The first-order valence-electron chi connectivity index (χ1n) is 32.6. The van der Waals surface area contributed by atoms with Crippen molar-refractivity contribution in [2.75, 3.05) is 13.2 Å². The van der Waals surface area contributed by atoms with Crippen molar-refractivity contribution in [3.8, 4) is 0 Å².